The first-order valence-corrected chi connectivity index (χ1v) is 7.48. The fraction of sp³-hybridized carbons (Fsp3) is 0.643. The van der Waals surface area contributed by atoms with E-state index in [-0.39, 0.29) is 0 Å². The molecule has 20 heavy (non-hydrogen) atoms. The van der Waals surface area contributed by atoms with Gasteiger partial charge in [0.25, 0.3) is 0 Å². The van der Waals surface area contributed by atoms with E-state index in [1.807, 2.05) is 4.52 Å². The SMILES string of the molecule is CN1CCN(c2nn3cnnc3c3c2CCCC3)CC1. The Labute approximate surface area is 118 Å². The Hall–Kier alpha value is -1.69. The lowest BCUT2D eigenvalue weighted by molar-refractivity contribution is 0.311. The van der Waals surface area contributed by atoms with Gasteiger partial charge in [-0.3, -0.25) is 0 Å². The molecule has 106 valence electrons. The van der Waals surface area contributed by atoms with E-state index in [1.54, 1.807) is 6.33 Å². The molecule has 0 amide bonds. The van der Waals surface area contributed by atoms with E-state index in [2.05, 4.69) is 27.0 Å². The Morgan fingerprint density at radius 3 is 2.55 bits per heavy atom. The van der Waals surface area contributed by atoms with Crippen LogP contribution in [-0.4, -0.2) is 57.9 Å². The van der Waals surface area contributed by atoms with Crippen molar-refractivity contribution in [3.8, 4) is 0 Å². The lowest BCUT2D eigenvalue weighted by Crippen LogP contribution is -2.45. The van der Waals surface area contributed by atoms with Gasteiger partial charge in [0.2, 0.25) is 0 Å². The van der Waals surface area contributed by atoms with Crippen molar-refractivity contribution in [2.45, 2.75) is 25.7 Å². The standard InChI is InChI=1S/C14H20N6/c1-18-6-8-19(9-7-18)14-12-5-3-2-4-11(12)13-16-15-10-20(13)17-14/h10H,2-9H2,1H3. The van der Waals surface area contributed by atoms with Crippen LogP contribution in [0.3, 0.4) is 0 Å². The second-order valence-electron chi connectivity index (χ2n) is 5.88. The first-order chi connectivity index (χ1) is 9.83. The summed E-state index contributed by atoms with van der Waals surface area (Å²) in [5, 5.41) is 13.1. The molecule has 0 radical (unpaired) electrons. The summed E-state index contributed by atoms with van der Waals surface area (Å²) in [5.74, 6) is 1.17. The molecule has 0 aromatic carbocycles. The van der Waals surface area contributed by atoms with Crippen molar-refractivity contribution in [3.63, 3.8) is 0 Å². The number of anilines is 1. The fourth-order valence-corrected chi connectivity index (χ4v) is 3.34. The monoisotopic (exact) mass is 272 g/mol. The molecule has 4 rings (SSSR count). The van der Waals surface area contributed by atoms with Gasteiger partial charge >= 0.3 is 0 Å². The molecular formula is C14H20N6. The highest BCUT2D eigenvalue weighted by Gasteiger charge is 2.24. The summed E-state index contributed by atoms with van der Waals surface area (Å²) in [6, 6.07) is 0. The van der Waals surface area contributed by atoms with Gasteiger partial charge < -0.3 is 9.80 Å². The Kier molecular flexibility index (Phi) is 2.84. The third kappa shape index (κ3) is 1.86. The average Bonchev–Trinajstić information content (AvgIpc) is 2.96. The van der Waals surface area contributed by atoms with Gasteiger partial charge in [-0.05, 0) is 32.7 Å². The third-order valence-electron chi connectivity index (χ3n) is 4.54. The minimum atomic E-state index is 0.956. The van der Waals surface area contributed by atoms with E-state index < -0.39 is 0 Å². The normalized spacial score (nSPS) is 20.4. The van der Waals surface area contributed by atoms with Gasteiger partial charge in [-0.25, -0.2) is 0 Å². The van der Waals surface area contributed by atoms with Crippen LogP contribution in [-0.2, 0) is 12.8 Å². The summed E-state index contributed by atoms with van der Waals surface area (Å²) in [4.78, 5) is 4.81. The molecule has 1 aliphatic heterocycles. The number of nitrogens with zero attached hydrogens (tertiary/aromatic N) is 6. The van der Waals surface area contributed by atoms with Crippen LogP contribution in [0.25, 0.3) is 5.65 Å². The highest BCUT2D eigenvalue weighted by atomic mass is 15.4. The Morgan fingerprint density at radius 1 is 1.00 bits per heavy atom. The van der Waals surface area contributed by atoms with Crippen molar-refractivity contribution in [1.29, 1.82) is 0 Å². The van der Waals surface area contributed by atoms with E-state index in [0.29, 0.717) is 0 Å². The van der Waals surface area contributed by atoms with Gasteiger partial charge in [-0.1, -0.05) is 0 Å². The highest BCUT2D eigenvalue weighted by molar-refractivity contribution is 5.61. The number of aryl methyl sites for hydroxylation is 1. The summed E-state index contributed by atoms with van der Waals surface area (Å²) in [7, 11) is 2.18. The van der Waals surface area contributed by atoms with Crippen LogP contribution in [0.4, 0.5) is 5.82 Å². The first-order valence-electron chi connectivity index (χ1n) is 7.48. The minimum absolute atomic E-state index is 0.956. The van der Waals surface area contributed by atoms with Gasteiger partial charge in [-0.15, -0.1) is 15.3 Å². The third-order valence-corrected chi connectivity index (χ3v) is 4.54. The van der Waals surface area contributed by atoms with Crippen LogP contribution in [0, 0.1) is 0 Å². The molecule has 0 bridgehead atoms. The van der Waals surface area contributed by atoms with Crippen LogP contribution in [0.2, 0.25) is 0 Å². The highest BCUT2D eigenvalue weighted by Crippen LogP contribution is 2.31. The zero-order chi connectivity index (χ0) is 13.5. The number of aromatic nitrogens is 4. The lowest BCUT2D eigenvalue weighted by atomic mass is 9.92. The maximum Gasteiger partial charge on any atom is 0.181 e. The van der Waals surface area contributed by atoms with Gasteiger partial charge in [0, 0.05) is 37.3 Å². The first kappa shape index (κ1) is 12.1. The summed E-state index contributed by atoms with van der Waals surface area (Å²) in [6.07, 6.45) is 6.49. The van der Waals surface area contributed by atoms with Crippen molar-refractivity contribution in [1.82, 2.24) is 24.7 Å². The van der Waals surface area contributed by atoms with Gasteiger partial charge in [-0.2, -0.15) is 4.52 Å². The van der Waals surface area contributed by atoms with Crippen LogP contribution in [0.1, 0.15) is 24.0 Å². The van der Waals surface area contributed by atoms with Gasteiger partial charge in [0.05, 0.1) is 0 Å². The zero-order valence-corrected chi connectivity index (χ0v) is 11.9. The van der Waals surface area contributed by atoms with Gasteiger partial charge in [0.1, 0.15) is 6.33 Å². The number of hydrogen-bond acceptors (Lipinski definition) is 5. The maximum atomic E-state index is 4.80. The molecule has 2 aromatic heterocycles. The predicted molar refractivity (Wildman–Crippen MR) is 77.1 cm³/mol. The van der Waals surface area contributed by atoms with Crippen molar-refractivity contribution >= 4 is 11.5 Å². The summed E-state index contributed by atoms with van der Waals surface area (Å²) in [6.45, 7) is 4.33. The average molecular weight is 272 g/mol. The largest absolute Gasteiger partial charge is 0.352 e. The van der Waals surface area contributed by atoms with Crippen molar-refractivity contribution in [3.05, 3.63) is 17.5 Å². The molecule has 6 heteroatoms. The molecule has 0 saturated carbocycles. The number of likely N-dealkylation sites (N-methyl/N-ethyl adjacent to an activating group) is 1. The molecule has 2 aliphatic rings. The van der Waals surface area contributed by atoms with E-state index in [4.69, 9.17) is 5.10 Å². The van der Waals surface area contributed by atoms with E-state index in [9.17, 15) is 0 Å². The van der Waals surface area contributed by atoms with Crippen LogP contribution >= 0.6 is 0 Å². The molecule has 0 unspecified atom stereocenters. The minimum Gasteiger partial charge on any atom is -0.352 e. The number of piperazine rings is 1. The second kappa shape index (κ2) is 4.70. The summed E-state index contributed by atoms with van der Waals surface area (Å²) < 4.78 is 1.86. The summed E-state index contributed by atoms with van der Waals surface area (Å²) >= 11 is 0. The lowest BCUT2D eigenvalue weighted by Gasteiger charge is -2.35. The Balaban J connectivity index is 1.82. The van der Waals surface area contributed by atoms with Crippen molar-refractivity contribution in [2.75, 3.05) is 38.1 Å². The molecule has 0 atom stereocenters. The smallest absolute Gasteiger partial charge is 0.181 e. The quantitative estimate of drug-likeness (QED) is 0.767. The van der Waals surface area contributed by atoms with Crippen molar-refractivity contribution < 1.29 is 0 Å². The molecule has 1 fully saturated rings. The molecule has 0 spiro atoms. The molecule has 1 aliphatic carbocycles. The molecular weight excluding hydrogens is 252 g/mol. The Morgan fingerprint density at radius 2 is 1.75 bits per heavy atom. The molecule has 6 nitrogen and oxygen atoms in total. The van der Waals surface area contributed by atoms with Crippen LogP contribution < -0.4 is 4.90 Å². The molecule has 3 heterocycles. The number of fused-ring (bicyclic) bond motifs is 3. The fourth-order valence-electron chi connectivity index (χ4n) is 3.34. The predicted octanol–water partition coefficient (Wildman–Crippen LogP) is 0.755. The molecule has 0 N–H and O–H groups in total. The number of hydrogen-bond donors (Lipinski definition) is 0. The topological polar surface area (TPSA) is 49.6 Å². The van der Waals surface area contributed by atoms with E-state index in [1.165, 1.54) is 29.8 Å². The van der Waals surface area contributed by atoms with E-state index in [0.717, 1.165) is 44.7 Å². The zero-order valence-electron chi connectivity index (χ0n) is 11.9. The number of rotatable bonds is 1. The van der Waals surface area contributed by atoms with E-state index >= 15 is 0 Å². The van der Waals surface area contributed by atoms with Gasteiger partial charge in [0.15, 0.2) is 11.5 Å². The maximum absolute atomic E-state index is 4.80. The van der Waals surface area contributed by atoms with Crippen molar-refractivity contribution in [2.24, 2.45) is 0 Å². The van der Waals surface area contributed by atoms with Crippen LogP contribution in [0.5, 0.6) is 0 Å². The second-order valence-corrected chi connectivity index (χ2v) is 5.88. The molecule has 2 aromatic rings. The Bertz CT molecular complexity index is 626. The summed E-state index contributed by atoms with van der Waals surface area (Å²) in [5.41, 5.74) is 3.75. The van der Waals surface area contributed by atoms with Crippen LogP contribution in [0.15, 0.2) is 6.33 Å². The molecule has 1 saturated heterocycles.